The summed E-state index contributed by atoms with van der Waals surface area (Å²) in [5.41, 5.74) is 1.12. The second-order valence-corrected chi connectivity index (χ2v) is 6.75. The molecule has 1 amide bonds. The number of nitrogens with zero attached hydrogens (tertiary/aromatic N) is 2. The van der Waals surface area contributed by atoms with E-state index in [0.717, 1.165) is 0 Å². The number of nitrogens with one attached hydrogen (secondary N) is 1. The third-order valence-corrected chi connectivity index (χ3v) is 4.58. The summed E-state index contributed by atoms with van der Waals surface area (Å²) in [7, 11) is 1.44. The fraction of sp³-hybridized carbons (Fsp3) is 0.182. The molecule has 31 heavy (non-hydrogen) atoms. The van der Waals surface area contributed by atoms with E-state index in [0.29, 0.717) is 32.8 Å². The number of anilines is 1. The van der Waals surface area contributed by atoms with Gasteiger partial charge >= 0.3 is 5.97 Å². The lowest BCUT2D eigenvalue weighted by Gasteiger charge is -2.11. The molecule has 2 aromatic rings. The van der Waals surface area contributed by atoms with Gasteiger partial charge in [-0.05, 0) is 55.0 Å². The van der Waals surface area contributed by atoms with Crippen LogP contribution in [0, 0.1) is 22.7 Å². The molecule has 0 bridgehead atoms. The molecular formula is C22H18BrN3O5. The van der Waals surface area contributed by atoms with Crippen LogP contribution in [-0.4, -0.2) is 32.2 Å². The first-order chi connectivity index (χ1) is 14.9. The third kappa shape index (κ3) is 6.33. The van der Waals surface area contributed by atoms with E-state index in [1.807, 2.05) is 12.1 Å². The van der Waals surface area contributed by atoms with Gasteiger partial charge in [0.1, 0.15) is 17.7 Å². The van der Waals surface area contributed by atoms with Crippen LogP contribution in [0.25, 0.3) is 6.08 Å². The summed E-state index contributed by atoms with van der Waals surface area (Å²) in [4.78, 5) is 24.2. The largest absolute Gasteiger partial charge is 0.493 e. The SMILES string of the molecule is CCOC(=O)c1ccc(NC(=O)/C(C#N)=C/c2cc(OC)c(OCC#N)cc2Br)cc1. The summed E-state index contributed by atoms with van der Waals surface area (Å²) in [5, 5.41) is 20.7. The van der Waals surface area contributed by atoms with Gasteiger partial charge in [0.05, 0.1) is 19.3 Å². The number of benzene rings is 2. The van der Waals surface area contributed by atoms with Crippen molar-refractivity contribution >= 4 is 39.6 Å². The summed E-state index contributed by atoms with van der Waals surface area (Å²) in [6, 6.07) is 13.0. The first kappa shape index (κ1) is 23.5. The van der Waals surface area contributed by atoms with E-state index >= 15 is 0 Å². The van der Waals surface area contributed by atoms with Gasteiger partial charge in [-0.2, -0.15) is 10.5 Å². The molecule has 0 spiro atoms. The first-order valence-corrected chi connectivity index (χ1v) is 9.80. The van der Waals surface area contributed by atoms with Crippen LogP contribution in [0.3, 0.4) is 0 Å². The van der Waals surface area contributed by atoms with Crippen LogP contribution in [0.4, 0.5) is 5.69 Å². The monoisotopic (exact) mass is 483 g/mol. The molecule has 0 saturated heterocycles. The normalized spacial score (nSPS) is 10.4. The minimum atomic E-state index is -0.623. The van der Waals surface area contributed by atoms with Gasteiger partial charge in [0, 0.05) is 10.2 Å². The summed E-state index contributed by atoms with van der Waals surface area (Å²) >= 11 is 3.36. The number of amides is 1. The fourth-order valence-corrected chi connectivity index (χ4v) is 2.89. The Kier molecular flexibility index (Phi) is 8.62. The van der Waals surface area contributed by atoms with Crippen molar-refractivity contribution in [3.8, 4) is 23.6 Å². The quantitative estimate of drug-likeness (QED) is 0.340. The molecule has 158 valence electrons. The molecule has 0 aliphatic rings. The van der Waals surface area contributed by atoms with Crippen LogP contribution in [0.2, 0.25) is 0 Å². The van der Waals surface area contributed by atoms with Crippen molar-refractivity contribution in [3.05, 3.63) is 57.6 Å². The highest BCUT2D eigenvalue weighted by Crippen LogP contribution is 2.34. The Hall–Kier alpha value is -3.82. The predicted molar refractivity (Wildman–Crippen MR) is 116 cm³/mol. The van der Waals surface area contributed by atoms with Gasteiger partial charge in [-0.3, -0.25) is 4.79 Å². The Morgan fingerprint density at radius 1 is 1.16 bits per heavy atom. The number of hydrogen-bond donors (Lipinski definition) is 1. The van der Waals surface area contributed by atoms with Crippen molar-refractivity contribution in [2.75, 3.05) is 25.6 Å². The Balaban J connectivity index is 2.23. The van der Waals surface area contributed by atoms with Gasteiger partial charge in [0.2, 0.25) is 0 Å². The lowest BCUT2D eigenvalue weighted by atomic mass is 10.1. The van der Waals surface area contributed by atoms with Crippen LogP contribution in [0.1, 0.15) is 22.8 Å². The second-order valence-electron chi connectivity index (χ2n) is 5.89. The zero-order valence-electron chi connectivity index (χ0n) is 16.8. The van der Waals surface area contributed by atoms with E-state index in [-0.39, 0.29) is 18.8 Å². The Labute approximate surface area is 187 Å². The second kappa shape index (κ2) is 11.4. The molecule has 9 heteroatoms. The number of ether oxygens (including phenoxy) is 3. The summed E-state index contributed by atoms with van der Waals surface area (Å²) in [6.45, 7) is 1.82. The van der Waals surface area contributed by atoms with Gasteiger partial charge in [-0.25, -0.2) is 4.79 Å². The van der Waals surface area contributed by atoms with Crippen LogP contribution < -0.4 is 14.8 Å². The molecule has 2 rings (SSSR count). The number of esters is 1. The van der Waals surface area contributed by atoms with Gasteiger partial charge in [-0.1, -0.05) is 15.9 Å². The third-order valence-electron chi connectivity index (χ3n) is 3.89. The fourth-order valence-electron chi connectivity index (χ4n) is 2.45. The number of rotatable bonds is 8. The van der Waals surface area contributed by atoms with E-state index in [1.54, 1.807) is 31.2 Å². The molecule has 0 heterocycles. The van der Waals surface area contributed by atoms with E-state index in [1.165, 1.54) is 25.3 Å². The van der Waals surface area contributed by atoms with E-state index in [9.17, 15) is 14.9 Å². The molecule has 0 saturated carbocycles. The maximum absolute atomic E-state index is 12.5. The van der Waals surface area contributed by atoms with Crippen LogP contribution in [0.15, 0.2) is 46.4 Å². The predicted octanol–water partition coefficient (Wildman–Crippen LogP) is 4.08. The highest BCUT2D eigenvalue weighted by Gasteiger charge is 2.14. The van der Waals surface area contributed by atoms with Gasteiger partial charge in [-0.15, -0.1) is 0 Å². The molecule has 8 nitrogen and oxygen atoms in total. The summed E-state index contributed by atoms with van der Waals surface area (Å²) < 4.78 is 16.0. The number of halogens is 1. The molecule has 0 radical (unpaired) electrons. The molecule has 0 aliphatic carbocycles. The zero-order valence-corrected chi connectivity index (χ0v) is 18.4. The Morgan fingerprint density at radius 2 is 1.87 bits per heavy atom. The molecule has 0 unspecified atom stereocenters. The molecule has 0 aliphatic heterocycles. The number of nitriles is 2. The zero-order chi connectivity index (χ0) is 22.8. The lowest BCUT2D eigenvalue weighted by molar-refractivity contribution is -0.112. The van der Waals surface area contributed by atoms with Crippen LogP contribution in [-0.2, 0) is 9.53 Å². The van der Waals surface area contributed by atoms with Crippen molar-refractivity contribution in [2.45, 2.75) is 6.92 Å². The maximum Gasteiger partial charge on any atom is 0.338 e. The number of carbonyl (C=O) groups is 2. The highest BCUT2D eigenvalue weighted by molar-refractivity contribution is 9.10. The topological polar surface area (TPSA) is 121 Å². The Morgan fingerprint density at radius 3 is 2.45 bits per heavy atom. The number of carbonyl (C=O) groups excluding carboxylic acids is 2. The van der Waals surface area contributed by atoms with Crippen molar-refractivity contribution < 1.29 is 23.8 Å². The standard InChI is InChI=1S/C22H18BrN3O5/c1-3-30-22(28)14-4-6-17(7-5-14)26-21(27)16(13-25)10-15-11-19(29-2)20(12-18(15)23)31-9-8-24/h4-7,10-12H,3,9H2,1-2H3,(H,26,27)/b16-10+. The van der Waals surface area contributed by atoms with Crippen molar-refractivity contribution in [1.29, 1.82) is 10.5 Å². The van der Waals surface area contributed by atoms with E-state index in [2.05, 4.69) is 21.2 Å². The van der Waals surface area contributed by atoms with Gasteiger partial charge in [0.15, 0.2) is 18.1 Å². The molecule has 0 fully saturated rings. The smallest absolute Gasteiger partial charge is 0.338 e. The average Bonchev–Trinajstić information content (AvgIpc) is 2.77. The maximum atomic E-state index is 12.5. The molecular weight excluding hydrogens is 466 g/mol. The molecule has 2 aromatic carbocycles. The Bertz CT molecular complexity index is 1080. The van der Waals surface area contributed by atoms with E-state index in [4.69, 9.17) is 19.5 Å². The number of methoxy groups -OCH3 is 1. The summed E-state index contributed by atoms with van der Waals surface area (Å²) in [6.07, 6.45) is 1.39. The van der Waals surface area contributed by atoms with Crippen molar-refractivity contribution in [3.63, 3.8) is 0 Å². The van der Waals surface area contributed by atoms with E-state index < -0.39 is 11.9 Å². The van der Waals surface area contributed by atoms with Crippen molar-refractivity contribution in [2.24, 2.45) is 0 Å². The van der Waals surface area contributed by atoms with Gasteiger partial charge in [0.25, 0.3) is 5.91 Å². The number of hydrogen-bond acceptors (Lipinski definition) is 7. The molecule has 1 N–H and O–H groups in total. The first-order valence-electron chi connectivity index (χ1n) is 9.01. The molecule has 0 atom stereocenters. The van der Waals surface area contributed by atoms with Crippen molar-refractivity contribution in [1.82, 2.24) is 0 Å². The lowest BCUT2D eigenvalue weighted by Crippen LogP contribution is -2.13. The minimum Gasteiger partial charge on any atom is -0.493 e. The molecule has 0 aromatic heterocycles. The minimum absolute atomic E-state index is 0.150. The van der Waals surface area contributed by atoms with Crippen LogP contribution >= 0.6 is 15.9 Å². The summed E-state index contributed by atoms with van der Waals surface area (Å²) in [5.74, 6) is -0.393. The van der Waals surface area contributed by atoms with Crippen LogP contribution in [0.5, 0.6) is 11.5 Å². The van der Waals surface area contributed by atoms with Gasteiger partial charge < -0.3 is 19.5 Å². The average molecular weight is 484 g/mol. The highest BCUT2D eigenvalue weighted by atomic mass is 79.9.